The molecule has 0 spiro atoms. The van der Waals surface area contributed by atoms with E-state index in [1.165, 1.54) is 5.56 Å². The molecule has 0 heterocycles. The number of carbonyl (C=O) groups excluding carboxylic acids is 1. The van der Waals surface area contributed by atoms with Gasteiger partial charge in [-0.05, 0) is 17.7 Å². The van der Waals surface area contributed by atoms with Gasteiger partial charge in [0.2, 0.25) is 5.91 Å². The molecule has 0 aliphatic carbocycles. The van der Waals surface area contributed by atoms with Crippen molar-refractivity contribution < 1.29 is 14.6 Å². The van der Waals surface area contributed by atoms with Crippen molar-refractivity contribution in [2.24, 2.45) is 0 Å². The molecule has 2 aromatic rings. The SMILES string of the molecule is O=C(CCO)Nc1cccc(OCCc2ccccc2)c1. The normalized spacial score (nSPS) is 10.1. The molecule has 0 aromatic heterocycles. The Labute approximate surface area is 124 Å². The van der Waals surface area contributed by atoms with Gasteiger partial charge < -0.3 is 15.2 Å². The largest absolute Gasteiger partial charge is 0.493 e. The van der Waals surface area contributed by atoms with Gasteiger partial charge in [-0.2, -0.15) is 0 Å². The Morgan fingerprint density at radius 1 is 1.10 bits per heavy atom. The van der Waals surface area contributed by atoms with Crippen molar-refractivity contribution >= 4 is 11.6 Å². The van der Waals surface area contributed by atoms with E-state index in [1.54, 1.807) is 12.1 Å². The molecule has 4 nitrogen and oxygen atoms in total. The summed E-state index contributed by atoms with van der Waals surface area (Å²) in [5.74, 6) is 0.506. The highest BCUT2D eigenvalue weighted by molar-refractivity contribution is 5.90. The van der Waals surface area contributed by atoms with Gasteiger partial charge in [0.05, 0.1) is 19.6 Å². The lowest BCUT2D eigenvalue weighted by molar-refractivity contribution is -0.116. The van der Waals surface area contributed by atoms with Gasteiger partial charge in [-0.3, -0.25) is 4.79 Å². The van der Waals surface area contributed by atoms with Gasteiger partial charge in [-0.25, -0.2) is 0 Å². The van der Waals surface area contributed by atoms with Gasteiger partial charge in [0.25, 0.3) is 0 Å². The molecule has 0 bridgehead atoms. The van der Waals surface area contributed by atoms with Crippen molar-refractivity contribution in [2.75, 3.05) is 18.5 Å². The summed E-state index contributed by atoms with van der Waals surface area (Å²) in [5, 5.41) is 11.4. The van der Waals surface area contributed by atoms with Crippen molar-refractivity contribution in [3.05, 3.63) is 60.2 Å². The van der Waals surface area contributed by atoms with Crippen LogP contribution in [0, 0.1) is 0 Å². The molecule has 2 N–H and O–H groups in total. The molecule has 0 radical (unpaired) electrons. The lowest BCUT2D eigenvalue weighted by Gasteiger charge is -2.09. The van der Waals surface area contributed by atoms with Crippen LogP contribution in [0.1, 0.15) is 12.0 Å². The second-order valence-corrected chi connectivity index (χ2v) is 4.63. The average Bonchev–Trinajstić information content (AvgIpc) is 2.49. The fourth-order valence-corrected chi connectivity index (χ4v) is 1.92. The maximum atomic E-state index is 11.4. The van der Waals surface area contributed by atoms with E-state index in [-0.39, 0.29) is 18.9 Å². The van der Waals surface area contributed by atoms with E-state index >= 15 is 0 Å². The number of benzene rings is 2. The van der Waals surface area contributed by atoms with Crippen LogP contribution in [0.5, 0.6) is 5.75 Å². The highest BCUT2D eigenvalue weighted by Crippen LogP contribution is 2.17. The molecule has 110 valence electrons. The Kier molecular flexibility index (Phi) is 5.79. The van der Waals surface area contributed by atoms with E-state index < -0.39 is 0 Å². The van der Waals surface area contributed by atoms with E-state index in [2.05, 4.69) is 17.4 Å². The van der Waals surface area contributed by atoms with Crippen LogP contribution < -0.4 is 10.1 Å². The minimum absolute atomic E-state index is 0.0963. The Balaban J connectivity index is 1.85. The Morgan fingerprint density at radius 3 is 2.67 bits per heavy atom. The van der Waals surface area contributed by atoms with Crippen molar-refractivity contribution in [2.45, 2.75) is 12.8 Å². The topological polar surface area (TPSA) is 58.6 Å². The van der Waals surface area contributed by atoms with Gasteiger partial charge in [-0.15, -0.1) is 0 Å². The van der Waals surface area contributed by atoms with Gasteiger partial charge in [0, 0.05) is 18.2 Å². The van der Waals surface area contributed by atoms with Gasteiger partial charge in [0.15, 0.2) is 0 Å². The van der Waals surface area contributed by atoms with E-state index in [9.17, 15) is 4.79 Å². The number of amides is 1. The van der Waals surface area contributed by atoms with E-state index in [1.807, 2.05) is 30.3 Å². The molecular formula is C17H19NO3. The molecule has 2 aromatic carbocycles. The minimum Gasteiger partial charge on any atom is -0.493 e. The molecule has 0 saturated carbocycles. The first kappa shape index (κ1) is 15.1. The van der Waals surface area contributed by atoms with Crippen molar-refractivity contribution in [3.8, 4) is 5.75 Å². The first-order chi connectivity index (χ1) is 10.3. The van der Waals surface area contributed by atoms with E-state index in [0.717, 1.165) is 6.42 Å². The molecule has 0 aliphatic rings. The first-order valence-corrected chi connectivity index (χ1v) is 6.95. The monoisotopic (exact) mass is 285 g/mol. The van der Waals surface area contributed by atoms with Crippen LogP contribution in [0.15, 0.2) is 54.6 Å². The summed E-state index contributed by atoms with van der Waals surface area (Å²) in [4.78, 5) is 11.4. The number of rotatable bonds is 7. The molecule has 1 amide bonds. The molecular weight excluding hydrogens is 266 g/mol. The molecule has 0 fully saturated rings. The van der Waals surface area contributed by atoms with Crippen LogP contribution in [0.25, 0.3) is 0 Å². The van der Waals surface area contributed by atoms with E-state index in [0.29, 0.717) is 18.0 Å². The molecule has 0 aliphatic heterocycles. The fraction of sp³-hybridized carbons (Fsp3) is 0.235. The van der Waals surface area contributed by atoms with Gasteiger partial charge >= 0.3 is 0 Å². The Morgan fingerprint density at radius 2 is 1.90 bits per heavy atom. The predicted octanol–water partition coefficient (Wildman–Crippen LogP) is 2.63. The molecule has 0 saturated heterocycles. The van der Waals surface area contributed by atoms with E-state index in [4.69, 9.17) is 9.84 Å². The van der Waals surface area contributed by atoms with Crippen molar-refractivity contribution in [3.63, 3.8) is 0 Å². The zero-order valence-electron chi connectivity index (χ0n) is 11.8. The number of aliphatic hydroxyl groups excluding tert-OH is 1. The van der Waals surface area contributed by atoms with Crippen molar-refractivity contribution in [1.29, 1.82) is 0 Å². The second-order valence-electron chi connectivity index (χ2n) is 4.63. The first-order valence-electron chi connectivity index (χ1n) is 6.95. The van der Waals surface area contributed by atoms with Crippen LogP contribution in [0.2, 0.25) is 0 Å². The second kappa shape index (κ2) is 8.07. The fourth-order valence-electron chi connectivity index (χ4n) is 1.92. The third-order valence-electron chi connectivity index (χ3n) is 2.96. The average molecular weight is 285 g/mol. The number of ether oxygens (including phenoxy) is 1. The lowest BCUT2D eigenvalue weighted by atomic mass is 10.2. The predicted molar refractivity (Wildman–Crippen MR) is 82.4 cm³/mol. The lowest BCUT2D eigenvalue weighted by Crippen LogP contribution is -2.12. The van der Waals surface area contributed by atoms with Crippen LogP contribution in [-0.4, -0.2) is 24.2 Å². The van der Waals surface area contributed by atoms with Crippen LogP contribution >= 0.6 is 0 Å². The van der Waals surface area contributed by atoms with Crippen LogP contribution in [-0.2, 0) is 11.2 Å². The number of anilines is 1. The number of carbonyl (C=O) groups is 1. The quantitative estimate of drug-likeness (QED) is 0.822. The molecule has 21 heavy (non-hydrogen) atoms. The van der Waals surface area contributed by atoms with Crippen LogP contribution in [0.3, 0.4) is 0 Å². The summed E-state index contributed by atoms with van der Waals surface area (Å²) in [7, 11) is 0. The molecule has 2 rings (SSSR count). The summed E-state index contributed by atoms with van der Waals surface area (Å²) in [6.07, 6.45) is 0.932. The summed E-state index contributed by atoms with van der Waals surface area (Å²) < 4.78 is 5.69. The van der Waals surface area contributed by atoms with Crippen molar-refractivity contribution in [1.82, 2.24) is 0 Å². The molecule has 0 unspecified atom stereocenters. The van der Waals surface area contributed by atoms with Crippen LogP contribution in [0.4, 0.5) is 5.69 Å². The highest BCUT2D eigenvalue weighted by Gasteiger charge is 2.02. The zero-order chi connectivity index (χ0) is 14.9. The third kappa shape index (κ3) is 5.28. The van der Waals surface area contributed by atoms with Gasteiger partial charge in [0.1, 0.15) is 5.75 Å². The standard InChI is InChI=1S/C17H19NO3/c19-11-9-17(20)18-15-7-4-8-16(13-15)21-12-10-14-5-2-1-3-6-14/h1-8,13,19H,9-12H2,(H,18,20). The summed E-state index contributed by atoms with van der Waals surface area (Å²) in [5.41, 5.74) is 1.90. The summed E-state index contributed by atoms with van der Waals surface area (Å²) >= 11 is 0. The maximum Gasteiger partial charge on any atom is 0.226 e. The maximum absolute atomic E-state index is 11.4. The Hall–Kier alpha value is -2.33. The third-order valence-corrected chi connectivity index (χ3v) is 2.96. The van der Waals surface area contributed by atoms with Gasteiger partial charge in [-0.1, -0.05) is 36.4 Å². The smallest absolute Gasteiger partial charge is 0.226 e. The summed E-state index contributed by atoms with van der Waals surface area (Å²) in [6.45, 7) is 0.428. The summed E-state index contributed by atoms with van der Waals surface area (Å²) in [6, 6.07) is 17.4. The highest BCUT2D eigenvalue weighted by atomic mass is 16.5. The number of aliphatic hydroxyl groups is 1. The number of hydrogen-bond donors (Lipinski definition) is 2. The zero-order valence-corrected chi connectivity index (χ0v) is 11.8. The Bertz CT molecular complexity index is 569. The molecule has 0 atom stereocenters. The molecule has 4 heteroatoms. The number of hydrogen-bond acceptors (Lipinski definition) is 3. The minimum atomic E-state index is -0.209. The number of nitrogens with one attached hydrogen (secondary N) is 1.